The monoisotopic (exact) mass is 398 g/mol. The Kier molecular flexibility index (Phi) is 4.07. The van der Waals surface area contributed by atoms with Gasteiger partial charge >= 0.3 is 6.18 Å². The summed E-state index contributed by atoms with van der Waals surface area (Å²) >= 11 is 0. The van der Waals surface area contributed by atoms with E-state index in [1.807, 2.05) is 0 Å². The molecule has 4 rings (SSSR count). The lowest BCUT2D eigenvalue weighted by Gasteiger charge is -2.16. The van der Waals surface area contributed by atoms with Crippen LogP contribution in [0.4, 0.5) is 18.9 Å². The summed E-state index contributed by atoms with van der Waals surface area (Å²) in [6, 6.07) is 9.14. The number of hydrogen-bond acceptors (Lipinski definition) is 6. The second kappa shape index (κ2) is 6.20. The minimum absolute atomic E-state index is 0.0968. The average Bonchev–Trinajstić information content (AvgIpc) is 3.17. The molecule has 1 N–H and O–H groups in total. The summed E-state index contributed by atoms with van der Waals surface area (Å²) < 4.78 is 70.1. The van der Waals surface area contributed by atoms with E-state index in [4.69, 9.17) is 0 Å². The summed E-state index contributed by atoms with van der Waals surface area (Å²) in [6.45, 7) is -0.733. The first-order valence-electron chi connectivity index (χ1n) is 7.86. The molecule has 1 aliphatic heterocycles. The van der Waals surface area contributed by atoms with Crippen molar-refractivity contribution in [3.63, 3.8) is 0 Å². The van der Waals surface area contributed by atoms with E-state index in [1.165, 1.54) is 23.1 Å². The second-order valence-electron chi connectivity index (χ2n) is 6.24. The Morgan fingerprint density at radius 1 is 1.11 bits per heavy atom. The molecule has 27 heavy (non-hydrogen) atoms. The number of hydrogen-bond donors (Lipinski definition) is 1. The third kappa shape index (κ3) is 3.60. The van der Waals surface area contributed by atoms with E-state index >= 15 is 0 Å². The predicted molar refractivity (Wildman–Crippen MR) is 89.2 cm³/mol. The number of halogens is 3. The van der Waals surface area contributed by atoms with E-state index in [1.54, 1.807) is 18.2 Å². The highest BCUT2D eigenvalue weighted by atomic mass is 32.2. The summed E-state index contributed by atoms with van der Waals surface area (Å²) in [7, 11) is -3.98. The van der Waals surface area contributed by atoms with Crippen LogP contribution in [0.3, 0.4) is 0 Å². The molecule has 1 aromatic heterocycles. The first-order chi connectivity index (χ1) is 12.7. The number of benzene rings is 2. The number of sulfonamides is 1. The lowest BCUT2D eigenvalue weighted by atomic mass is 10.1. The fourth-order valence-corrected chi connectivity index (χ4v) is 4.30. The molecule has 2 aromatic carbocycles. The van der Waals surface area contributed by atoms with Crippen LogP contribution in [0.15, 0.2) is 45.9 Å². The number of rotatable bonds is 4. The second-order valence-corrected chi connectivity index (χ2v) is 7.89. The molecule has 0 fully saturated rings. The number of nitrogens with zero attached hydrogens (tertiary/aromatic N) is 3. The molecule has 0 saturated carbocycles. The van der Waals surface area contributed by atoms with Gasteiger partial charge in [-0.15, -0.1) is 0 Å². The Labute approximate surface area is 151 Å². The Morgan fingerprint density at radius 2 is 1.89 bits per heavy atom. The van der Waals surface area contributed by atoms with Crippen molar-refractivity contribution in [1.29, 1.82) is 0 Å². The molecular weight excluding hydrogens is 385 g/mol. The summed E-state index contributed by atoms with van der Waals surface area (Å²) in [5, 5.41) is 7.22. The van der Waals surface area contributed by atoms with Crippen LogP contribution in [-0.2, 0) is 23.1 Å². The lowest BCUT2D eigenvalue weighted by Crippen LogP contribution is -2.29. The molecule has 0 atom stereocenters. The smallest absolute Gasteiger partial charge is 0.286 e. The molecule has 0 amide bonds. The van der Waals surface area contributed by atoms with Gasteiger partial charge < -0.3 is 0 Å². The number of alkyl halides is 3. The Balaban J connectivity index is 1.58. The average molecular weight is 398 g/mol. The van der Waals surface area contributed by atoms with Gasteiger partial charge in [0.15, 0.2) is 5.52 Å². The van der Waals surface area contributed by atoms with Gasteiger partial charge in [-0.3, -0.25) is 9.62 Å². The predicted octanol–water partition coefficient (Wildman–Crippen LogP) is 2.90. The molecule has 1 aliphatic rings. The number of anilines is 1. The standard InChI is InChI=1S/C16H13F3N4O3S/c17-16(18,19)9-23-7-10-4-5-12(6-11(10)8-23)22-27(24,25)14-3-1-2-13-15(14)21-26-20-13/h1-6,22H,7-9H2. The lowest BCUT2D eigenvalue weighted by molar-refractivity contribution is -0.146. The normalized spacial score (nSPS) is 15.2. The zero-order chi connectivity index (χ0) is 19.2. The quantitative estimate of drug-likeness (QED) is 0.727. The van der Waals surface area contributed by atoms with Crippen LogP contribution in [0.25, 0.3) is 11.0 Å². The fraction of sp³-hybridized carbons (Fsp3) is 0.250. The number of aromatic nitrogens is 2. The fourth-order valence-electron chi connectivity index (χ4n) is 3.10. The van der Waals surface area contributed by atoms with Crippen LogP contribution in [-0.4, -0.2) is 36.4 Å². The maximum atomic E-state index is 12.7. The number of fused-ring (bicyclic) bond motifs is 2. The molecule has 2 heterocycles. The molecule has 0 unspecified atom stereocenters. The van der Waals surface area contributed by atoms with Gasteiger partial charge in [-0.25, -0.2) is 13.0 Å². The van der Waals surface area contributed by atoms with Gasteiger partial charge in [-0.2, -0.15) is 13.2 Å². The van der Waals surface area contributed by atoms with Crippen molar-refractivity contribution >= 4 is 26.7 Å². The molecular formula is C16H13F3N4O3S. The minimum Gasteiger partial charge on any atom is -0.286 e. The van der Waals surface area contributed by atoms with Crippen LogP contribution >= 0.6 is 0 Å². The van der Waals surface area contributed by atoms with E-state index in [2.05, 4.69) is 19.7 Å². The molecule has 3 aromatic rings. The topological polar surface area (TPSA) is 88.3 Å². The molecule has 142 valence electrons. The van der Waals surface area contributed by atoms with Crippen LogP contribution in [0, 0.1) is 0 Å². The molecule has 7 nitrogen and oxygen atoms in total. The van der Waals surface area contributed by atoms with E-state index in [-0.39, 0.29) is 29.2 Å². The van der Waals surface area contributed by atoms with Crippen molar-refractivity contribution in [2.75, 3.05) is 11.3 Å². The highest BCUT2D eigenvalue weighted by molar-refractivity contribution is 7.93. The third-order valence-electron chi connectivity index (χ3n) is 4.19. The van der Waals surface area contributed by atoms with Gasteiger partial charge in [0.25, 0.3) is 10.0 Å². The van der Waals surface area contributed by atoms with Gasteiger partial charge in [0, 0.05) is 18.8 Å². The SMILES string of the molecule is O=S(=O)(Nc1ccc2c(c1)CN(CC(F)(F)F)C2)c1cccc2nonc12. The van der Waals surface area contributed by atoms with Crippen LogP contribution in [0.2, 0.25) is 0 Å². The Morgan fingerprint density at radius 3 is 2.67 bits per heavy atom. The Hall–Kier alpha value is -2.66. The summed E-state index contributed by atoms with van der Waals surface area (Å²) in [6.07, 6.45) is -4.28. The number of nitrogens with one attached hydrogen (secondary N) is 1. The highest BCUT2D eigenvalue weighted by Crippen LogP contribution is 2.30. The molecule has 0 aliphatic carbocycles. The minimum atomic E-state index is -4.28. The van der Waals surface area contributed by atoms with Gasteiger partial charge in [0.1, 0.15) is 10.4 Å². The zero-order valence-corrected chi connectivity index (χ0v) is 14.5. The molecule has 11 heteroatoms. The van der Waals surface area contributed by atoms with E-state index in [9.17, 15) is 21.6 Å². The summed E-state index contributed by atoms with van der Waals surface area (Å²) in [4.78, 5) is 1.16. The van der Waals surface area contributed by atoms with Crippen molar-refractivity contribution in [3.05, 3.63) is 47.5 Å². The molecule has 0 saturated heterocycles. The maximum Gasteiger partial charge on any atom is 0.401 e. The maximum absolute atomic E-state index is 12.7. The van der Waals surface area contributed by atoms with Gasteiger partial charge in [-0.05, 0) is 45.7 Å². The van der Waals surface area contributed by atoms with E-state index in [0.29, 0.717) is 11.1 Å². The zero-order valence-electron chi connectivity index (χ0n) is 13.7. The molecule has 0 spiro atoms. The molecule has 0 bridgehead atoms. The van der Waals surface area contributed by atoms with Crippen molar-refractivity contribution in [2.45, 2.75) is 24.2 Å². The van der Waals surface area contributed by atoms with Crippen molar-refractivity contribution in [2.24, 2.45) is 0 Å². The van der Waals surface area contributed by atoms with Crippen LogP contribution < -0.4 is 4.72 Å². The van der Waals surface area contributed by atoms with Crippen LogP contribution in [0.1, 0.15) is 11.1 Å². The van der Waals surface area contributed by atoms with Crippen molar-refractivity contribution in [3.8, 4) is 0 Å². The highest BCUT2D eigenvalue weighted by Gasteiger charge is 2.33. The van der Waals surface area contributed by atoms with Crippen LogP contribution in [0.5, 0.6) is 0 Å². The molecule has 0 radical (unpaired) electrons. The first kappa shape index (κ1) is 17.7. The van der Waals surface area contributed by atoms with Gasteiger partial charge in [0.05, 0.1) is 6.54 Å². The largest absolute Gasteiger partial charge is 0.401 e. The van der Waals surface area contributed by atoms with Gasteiger partial charge in [-0.1, -0.05) is 12.1 Å². The first-order valence-corrected chi connectivity index (χ1v) is 9.35. The van der Waals surface area contributed by atoms with Crippen molar-refractivity contribution < 1.29 is 26.2 Å². The third-order valence-corrected chi connectivity index (χ3v) is 5.60. The Bertz CT molecular complexity index is 1110. The van der Waals surface area contributed by atoms with Crippen molar-refractivity contribution in [1.82, 2.24) is 15.2 Å². The van der Waals surface area contributed by atoms with Gasteiger partial charge in [0.2, 0.25) is 0 Å². The van der Waals surface area contributed by atoms with E-state index in [0.717, 1.165) is 5.56 Å². The van der Waals surface area contributed by atoms with E-state index < -0.39 is 22.7 Å². The summed E-state index contributed by atoms with van der Waals surface area (Å²) in [5.41, 5.74) is 2.05. The summed E-state index contributed by atoms with van der Waals surface area (Å²) in [5.74, 6) is 0.